The van der Waals surface area contributed by atoms with E-state index >= 15 is 0 Å². The molecule has 0 amide bonds. The van der Waals surface area contributed by atoms with Crippen LogP contribution in [0.25, 0.3) is 0 Å². The predicted octanol–water partition coefficient (Wildman–Crippen LogP) is 4.45. The van der Waals surface area contributed by atoms with Crippen molar-refractivity contribution in [2.24, 2.45) is 0 Å². The number of fused-ring (bicyclic) bond motifs is 1. The molecule has 1 aliphatic heterocycles. The summed E-state index contributed by atoms with van der Waals surface area (Å²) in [4.78, 5) is 0. The first-order valence-corrected chi connectivity index (χ1v) is 6.67. The first-order valence-electron chi connectivity index (χ1n) is 6.29. The van der Waals surface area contributed by atoms with E-state index in [1.807, 2.05) is 18.2 Å². The standard InChI is InChI=1S/C16H15ClO/c17-14-8-9-16-15(10-14)13(11-18-16)7-6-12-4-2-1-3-5-12/h1-5,8-10,13H,6-7,11H2. The molecule has 0 saturated heterocycles. The van der Waals surface area contributed by atoms with E-state index in [0.29, 0.717) is 5.92 Å². The Morgan fingerprint density at radius 2 is 1.94 bits per heavy atom. The highest BCUT2D eigenvalue weighted by Crippen LogP contribution is 2.37. The van der Waals surface area contributed by atoms with Crippen LogP contribution in [0.15, 0.2) is 48.5 Å². The molecule has 1 atom stereocenters. The maximum absolute atomic E-state index is 6.05. The topological polar surface area (TPSA) is 9.23 Å². The number of benzene rings is 2. The lowest BCUT2D eigenvalue weighted by Gasteiger charge is -2.08. The average Bonchev–Trinajstić information content (AvgIpc) is 2.80. The van der Waals surface area contributed by atoms with Gasteiger partial charge in [0.1, 0.15) is 5.75 Å². The van der Waals surface area contributed by atoms with E-state index in [0.717, 1.165) is 30.2 Å². The summed E-state index contributed by atoms with van der Waals surface area (Å²) >= 11 is 6.05. The van der Waals surface area contributed by atoms with Gasteiger partial charge < -0.3 is 4.74 Å². The van der Waals surface area contributed by atoms with Crippen LogP contribution in [0.2, 0.25) is 5.02 Å². The molecule has 1 aliphatic rings. The van der Waals surface area contributed by atoms with E-state index < -0.39 is 0 Å². The zero-order chi connectivity index (χ0) is 12.4. The second-order valence-corrected chi connectivity index (χ2v) is 5.15. The van der Waals surface area contributed by atoms with Crippen molar-refractivity contribution in [3.63, 3.8) is 0 Å². The zero-order valence-electron chi connectivity index (χ0n) is 10.1. The Hall–Kier alpha value is -1.47. The minimum Gasteiger partial charge on any atom is -0.493 e. The Morgan fingerprint density at radius 1 is 1.11 bits per heavy atom. The van der Waals surface area contributed by atoms with Crippen LogP contribution >= 0.6 is 11.6 Å². The smallest absolute Gasteiger partial charge is 0.123 e. The first kappa shape index (κ1) is 11.6. The van der Waals surface area contributed by atoms with E-state index in [9.17, 15) is 0 Å². The van der Waals surface area contributed by atoms with Crippen molar-refractivity contribution in [2.75, 3.05) is 6.61 Å². The molecule has 0 aliphatic carbocycles. The number of halogens is 1. The first-order chi connectivity index (χ1) is 8.83. The van der Waals surface area contributed by atoms with E-state index in [-0.39, 0.29) is 0 Å². The van der Waals surface area contributed by atoms with Crippen LogP contribution in [0.5, 0.6) is 5.75 Å². The second-order valence-electron chi connectivity index (χ2n) is 4.71. The number of aryl methyl sites for hydroxylation is 1. The summed E-state index contributed by atoms with van der Waals surface area (Å²) < 4.78 is 5.70. The quantitative estimate of drug-likeness (QED) is 0.790. The molecule has 1 unspecified atom stereocenters. The van der Waals surface area contributed by atoms with E-state index in [1.54, 1.807) is 0 Å². The Labute approximate surface area is 112 Å². The van der Waals surface area contributed by atoms with Crippen molar-refractivity contribution < 1.29 is 4.74 Å². The van der Waals surface area contributed by atoms with Crippen molar-refractivity contribution in [3.05, 3.63) is 64.7 Å². The summed E-state index contributed by atoms with van der Waals surface area (Å²) in [6, 6.07) is 16.5. The molecule has 0 radical (unpaired) electrons. The van der Waals surface area contributed by atoms with Gasteiger partial charge in [-0.05, 0) is 36.6 Å². The Kier molecular flexibility index (Phi) is 3.24. The van der Waals surface area contributed by atoms with Crippen molar-refractivity contribution in [2.45, 2.75) is 18.8 Å². The van der Waals surface area contributed by atoms with Crippen molar-refractivity contribution in [1.82, 2.24) is 0 Å². The molecule has 92 valence electrons. The normalized spacial score (nSPS) is 17.3. The number of hydrogen-bond acceptors (Lipinski definition) is 1. The molecule has 2 aromatic carbocycles. The van der Waals surface area contributed by atoms with Gasteiger partial charge >= 0.3 is 0 Å². The molecule has 0 fully saturated rings. The molecule has 0 saturated carbocycles. The molecule has 1 nitrogen and oxygen atoms in total. The lowest BCUT2D eigenvalue weighted by Crippen LogP contribution is -2.02. The van der Waals surface area contributed by atoms with Gasteiger partial charge in [-0.3, -0.25) is 0 Å². The fourth-order valence-electron chi connectivity index (χ4n) is 2.47. The fraction of sp³-hybridized carbons (Fsp3) is 0.250. The Balaban J connectivity index is 1.71. The minimum absolute atomic E-state index is 0.471. The molecule has 1 heterocycles. The summed E-state index contributed by atoms with van der Waals surface area (Å²) in [5.74, 6) is 1.47. The maximum atomic E-state index is 6.05. The summed E-state index contributed by atoms with van der Waals surface area (Å²) in [5.41, 5.74) is 2.64. The Morgan fingerprint density at radius 3 is 2.78 bits per heavy atom. The molecule has 0 spiro atoms. The maximum Gasteiger partial charge on any atom is 0.123 e. The second kappa shape index (κ2) is 5.03. The van der Waals surface area contributed by atoms with Gasteiger partial charge in [0.2, 0.25) is 0 Å². The van der Waals surface area contributed by atoms with Gasteiger partial charge in [-0.1, -0.05) is 41.9 Å². The molecule has 0 aromatic heterocycles. The monoisotopic (exact) mass is 258 g/mol. The Bertz CT molecular complexity index is 536. The van der Waals surface area contributed by atoms with E-state index in [2.05, 4.69) is 30.3 Å². The fourth-order valence-corrected chi connectivity index (χ4v) is 2.65. The molecule has 3 rings (SSSR count). The highest BCUT2D eigenvalue weighted by Gasteiger charge is 2.23. The van der Waals surface area contributed by atoms with Crippen LogP contribution in [0, 0.1) is 0 Å². The molecule has 0 N–H and O–H groups in total. The van der Waals surface area contributed by atoms with Crippen LogP contribution in [0.1, 0.15) is 23.5 Å². The molecular weight excluding hydrogens is 244 g/mol. The van der Waals surface area contributed by atoms with Crippen LogP contribution in [-0.2, 0) is 6.42 Å². The third-order valence-electron chi connectivity index (χ3n) is 3.48. The zero-order valence-corrected chi connectivity index (χ0v) is 10.9. The number of ether oxygens (including phenoxy) is 1. The average molecular weight is 259 g/mol. The summed E-state index contributed by atoms with van der Waals surface area (Å²) in [6.07, 6.45) is 2.19. The molecular formula is C16H15ClO. The van der Waals surface area contributed by atoms with E-state index in [1.165, 1.54) is 11.1 Å². The van der Waals surface area contributed by atoms with Crippen LogP contribution in [0.4, 0.5) is 0 Å². The summed E-state index contributed by atoms with van der Waals surface area (Å²) in [5, 5.41) is 0.795. The SMILES string of the molecule is Clc1ccc2c(c1)C(CCc1ccccc1)CO2. The van der Waals surface area contributed by atoms with E-state index in [4.69, 9.17) is 16.3 Å². The largest absolute Gasteiger partial charge is 0.493 e. The van der Waals surface area contributed by atoms with Crippen LogP contribution < -0.4 is 4.74 Å². The van der Waals surface area contributed by atoms with Gasteiger partial charge in [-0.2, -0.15) is 0 Å². The number of rotatable bonds is 3. The third kappa shape index (κ3) is 2.37. The summed E-state index contributed by atoms with van der Waals surface area (Å²) in [6.45, 7) is 0.780. The lowest BCUT2D eigenvalue weighted by molar-refractivity contribution is 0.325. The van der Waals surface area contributed by atoms with Crippen molar-refractivity contribution in [1.29, 1.82) is 0 Å². The molecule has 2 aromatic rings. The molecule has 2 heteroatoms. The van der Waals surface area contributed by atoms with Gasteiger partial charge in [0.15, 0.2) is 0 Å². The summed E-state index contributed by atoms with van der Waals surface area (Å²) in [7, 11) is 0. The minimum atomic E-state index is 0.471. The molecule has 0 bridgehead atoms. The van der Waals surface area contributed by atoms with Gasteiger partial charge in [0.25, 0.3) is 0 Å². The lowest BCUT2D eigenvalue weighted by atomic mass is 9.94. The van der Waals surface area contributed by atoms with Crippen LogP contribution in [0.3, 0.4) is 0 Å². The van der Waals surface area contributed by atoms with Gasteiger partial charge in [-0.25, -0.2) is 0 Å². The number of hydrogen-bond donors (Lipinski definition) is 0. The third-order valence-corrected chi connectivity index (χ3v) is 3.71. The van der Waals surface area contributed by atoms with Crippen molar-refractivity contribution in [3.8, 4) is 5.75 Å². The van der Waals surface area contributed by atoms with Gasteiger partial charge in [-0.15, -0.1) is 0 Å². The van der Waals surface area contributed by atoms with Gasteiger partial charge in [0.05, 0.1) is 6.61 Å². The van der Waals surface area contributed by atoms with Crippen molar-refractivity contribution >= 4 is 11.6 Å². The highest BCUT2D eigenvalue weighted by atomic mass is 35.5. The molecule has 18 heavy (non-hydrogen) atoms. The predicted molar refractivity (Wildman–Crippen MR) is 74.5 cm³/mol. The van der Waals surface area contributed by atoms with Gasteiger partial charge in [0, 0.05) is 16.5 Å². The van der Waals surface area contributed by atoms with Crippen LogP contribution in [-0.4, -0.2) is 6.61 Å². The highest BCUT2D eigenvalue weighted by molar-refractivity contribution is 6.30.